The number of nitrogens with one attached hydrogen (secondary N) is 1. The SMILES string of the molecule is CCCCOCC(O)CN[C@H](C)c1cccc(OC)c1. The van der Waals surface area contributed by atoms with Crippen molar-refractivity contribution in [1.29, 1.82) is 0 Å². The maximum Gasteiger partial charge on any atom is 0.119 e. The molecule has 1 unspecified atom stereocenters. The van der Waals surface area contributed by atoms with E-state index < -0.39 is 6.10 Å². The predicted octanol–water partition coefficient (Wildman–Crippen LogP) is 2.52. The van der Waals surface area contributed by atoms with E-state index in [2.05, 4.69) is 19.2 Å². The summed E-state index contributed by atoms with van der Waals surface area (Å²) in [7, 11) is 1.66. The van der Waals surface area contributed by atoms with E-state index >= 15 is 0 Å². The Morgan fingerprint density at radius 3 is 2.85 bits per heavy atom. The molecule has 0 spiro atoms. The molecule has 1 rings (SSSR count). The molecule has 0 aliphatic rings. The second-order valence-corrected chi connectivity index (χ2v) is 4.99. The quantitative estimate of drug-likeness (QED) is 0.647. The second kappa shape index (κ2) is 9.75. The molecule has 0 aliphatic heterocycles. The van der Waals surface area contributed by atoms with Crippen molar-refractivity contribution < 1.29 is 14.6 Å². The van der Waals surface area contributed by atoms with Gasteiger partial charge in [0.05, 0.1) is 19.8 Å². The number of unbranched alkanes of at least 4 members (excludes halogenated alkanes) is 1. The summed E-state index contributed by atoms with van der Waals surface area (Å²) in [5.74, 6) is 0.847. The Hall–Kier alpha value is -1.10. The summed E-state index contributed by atoms with van der Waals surface area (Å²) in [4.78, 5) is 0. The van der Waals surface area contributed by atoms with Gasteiger partial charge in [0.2, 0.25) is 0 Å². The molecule has 4 nitrogen and oxygen atoms in total. The van der Waals surface area contributed by atoms with E-state index in [0.717, 1.165) is 30.8 Å². The van der Waals surface area contributed by atoms with E-state index in [4.69, 9.17) is 9.47 Å². The third kappa shape index (κ3) is 6.37. The molecule has 2 N–H and O–H groups in total. The molecule has 0 bridgehead atoms. The molecular formula is C16H27NO3. The zero-order valence-electron chi connectivity index (χ0n) is 12.8. The van der Waals surface area contributed by atoms with Crippen LogP contribution in [0, 0.1) is 0 Å². The lowest BCUT2D eigenvalue weighted by Crippen LogP contribution is -2.32. The Bertz CT molecular complexity index is 370. The van der Waals surface area contributed by atoms with E-state index in [9.17, 15) is 5.11 Å². The molecule has 0 saturated heterocycles. The molecule has 2 atom stereocenters. The van der Waals surface area contributed by atoms with Crippen LogP contribution in [0.1, 0.15) is 38.3 Å². The minimum atomic E-state index is -0.472. The molecular weight excluding hydrogens is 254 g/mol. The van der Waals surface area contributed by atoms with Crippen LogP contribution in [0.15, 0.2) is 24.3 Å². The number of aliphatic hydroxyl groups excluding tert-OH is 1. The summed E-state index contributed by atoms with van der Waals surface area (Å²) in [5.41, 5.74) is 1.14. The zero-order valence-corrected chi connectivity index (χ0v) is 12.8. The van der Waals surface area contributed by atoms with Crippen molar-refractivity contribution in [2.24, 2.45) is 0 Å². The van der Waals surface area contributed by atoms with Gasteiger partial charge in [-0.3, -0.25) is 0 Å². The first-order valence-electron chi connectivity index (χ1n) is 7.30. The fourth-order valence-corrected chi connectivity index (χ4v) is 1.87. The maximum absolute atomic E-state index is 9.83. The third-order valence-electron chi connectivity index (χ3n) is 3.21. The smallest absolute Gasteiger partial charge is 0.119 e. The maximum atomic E-state index is 9.83. The van der Waals surface area contributed by atoms with E-state index in [-0.39, 0.29) is 6.04 Å². The van der Waals surface area contributed by atoms with Gasteiger partial charge in [0.1, 0.15) is 5.75 Å². The molecule has 114 valence electrons. The molecule has 0 radical (unpaired) electrons. The van der Waals surface area contributed by atoms with Crippen LogP contribution in [0.3, 0.4) is 0 Å². The minimum absolute atomic E-state index is 0.162. The normalized spacial score (nSPS) is 14.0. The number of hydrogen-bond acceptors (Lipinski definition) is 4. The molecule has 4 heteroatoms. The van der Waals surface area contributed by atoms with Gasteiger partial charge >= 0.3 is 0 Å². The van der Waals surface area contributed by atoms with Gasteiger partial charge in [-0.2, -0.15) is 0 Å². The van der Waals surface area contributed by atoms with Crippen LogP contribution >= 0.6 is 0 Å². The van der Waals surface area contributed by atoms with Crippen molar-refractivity contribution in [2.75, 3.05) is 26.9 Å². The van der Waals surface area contributed by atoms with Crippen LogP contribution < -0.4 is 10.1 Å². The lowest BCUT2D eigenvalue weighted by Gasteiger charge is -2.18. The molecule has 1 aromatic carbocycles. The van der Waals surface area contributed by atoms with Gasteiger partial charge in [-0.15, -0.1) is 0 Å². The number of aliphatic hydroxyl groups is 1. The summed E-state index contributed by atoms with van der Waals surface area (Å²) in [5, 5.41) is 13.1. The average molecular weight is 281 g/mol. The Morgan fingerprint density at radius 2 is 2.15 bits per heavy atom. The molecule has 0 saturated carbocycles. The third-order valence-corrected chi connectivity index (χ3v) is 3.21. The van der Waals surface area contributed by atoms with Gasteiger partial charge in [-0.1, -0.05) is 25.5 Å². The van der Waals surface area contributed by atoms with Crippen molar-refractivity contribution in [3.8, 4) is 5.75 Å². The first kappa shape index (κ1) is 17.0. The highest BCUT2D eigenvalue weighted by Gasteiger charge is 2.09. The number of benzene rings is 1. The largest absolute Gasteiger partial charge is 0.497 e. The summed E-state index contributed by atoms with van der Waals surface area (Å²) in [6.45, 7) is 5.82. The van der Waals surface area contributed by atoms with Crippen LogP contribution in [0.2, 0.25) is 0 Å². The number of rotatable bonds is 10. The Kier molecular flexibility index (Phi) is 8.26. The average Bonchev–Trinajstić information content (AvgIpc) is 2.49. The lowest BCUT2D eigenvalue weighted by atomic mass is 10.1. The zero-order chi connectivity index (χ0) is 14.8. The number of ether oxygens (including phenoxy) is 2. The predicted molar refractivity (Wildman–Crippen MR) is 81.1 cm³/mol. The molecule has 20 heavy (non-hydrogen) atoms. The fraction of sp³-hybridized carbons (Fsp3) is 0.625. The first-order valence-corrected chi connectivity index (χ1v) is 7.30. The van der Waals surface area contributed by atoms with Crippen LogP contribution in [-0.2, 0) is 4.74 Å². The van der Waals surface area contributed by atoms with Crippen molar-refractivity contribution in [3.05, 3.63) is 29.8 Å². The number of hydrogen-bond donors (Lipinski definition) is 2. The van der Waals surface area contributed by atoms with Gasteiger partial charge in [0, 0.05) is 19.2 Å². The molecule has 1 aromatic rings. The van der Waals surface area contributed by atoms with Crippen LogP contribution in [-0.4, -0.2) is 38.1 Å². The van der Waals surface area contributed by atoms with Crippen LogP contribution in [0.4, 0.5) is 0 Å². The molecule has 0 fully saturated rings. The summed E-state index contributed by atoms with van der Waals surface area (Å²) >= 11 is 0. The van der Waals surface area contributed by atoms with Gasteiger partial charge in [0.15, 0.2) is 0 Å². The molecule has 0 amide bonds. The molecule has 0 aliphatic carbocycles. The lowest BCUT2D eigenvalue weighted by molar-refractivity contribution is 0.0348. The summed E-state index contributed by atoms with van der Waals surface area (Å²) < 4.78 is 10.6. The summed E-state index contributed by atoms with van der Waals surface area (Å²) in [6, 6.07) is 8.10. The Morgan fingerprint density at radius 1 is 1.35 bits per heavy atom. The van der Waals surface area contributed by atoms with Gasteiger partial charge in [-0.25, -0.2) is 0 Å². The van der Waals surface area contributed by atoms with E-state index in [1.54, 1.807) is 7.11 Å². The van der Waals surface area contributed by atoms with Crippen molar-refractivity contribution in [1.82, 2.24) is 5.32 Å². The second-order valence-electron chi connectivity index (χ2n) is 4.99. The Labute approximate surface area is 122 Å². The minimum Gasteiger partial charge on any atom is -0.497 e. The molecule has 0 heterocycles. The van der Waals surface area contributed by atoms with Gasteiger partial charge in [-0.05, 0) is 31.0 Å². The number of methoxy groups -OCH3 is 1. The highest BCUT2D eigenvalue weighted by atomic mass is 16.5. The van der Waals surface area contributed by atoms with E-state index in [1.807, 2.05) is 24.3 Å². The van der Waals surface area contributed by atoms with Gasteiger partial charge in [0.25, 0.3) is 0 Å². The Balaban J connectivity index is 2.29. The highest BCUT2D eigenvalue weighted by Crippen LogP contribution is 2.18. The van der Waals surface area contributed by atoms with E-state index in [1.165, 1.54) is 0 Å². The first-order chi connectivity index (χ1) is 9.67. The highest BCUT2D eigenvalue weighted by molar-refractivity contribution is 5.30. The van der Waals surface area contributed by atoms with Gasteiger partial charge < -0.3 is 19.9 Å². The van der Waals surface area contributed by atoms with Crippen LogP contribution in [0.25, 0.3) is 0 Å². The summed E-state index contributed by atoms with van der Waals surface area (Å²) in [6.07, 6.45) is 1.68. The standard InChI is InChI=1S/C16H27NO3/c1-4-5-9-20-12-15(18)11-17-13(2)14-7-6-8-16(10-14)19-3/h6-8,10,13,15,17-18H,4-5,9,11-12H2,1-3H3/t13-,15?/m1/s1. The van der Waals surface area contributed by atoms with Crippen LogP contribution in [0.5, 0.6) is 5.75 Å². The monoisotopic (exact) mass is 281 g/mol. The van der Waals surface area contributed by atoms with Crippen molar-refractivity contribution in [2.45, 2.75) is 38.8 Å². The van der Waals surface area contributed by atoms with Crippen molar-refractivity contribution in [3.63, 3.8) is 0 Å². The van der Waals surface area contributed by atoms with Crippen molar-refractivity contribution >= 4 is 0 Å². The fourth-order valence-electron chi connectivity index (χ4n) is 1.87. The van der Waals surface area contributed by atoms with E-state index in [0.29, 0.717) is 13.2 Å². The topological polar surface area (TPSA) is 50.7 Å². The molecule has 0 aromatic heterocycles.